The fourth-order valence-electron chi connectivity index (χ4n) is 2.22. The lowest BCUT2D eigenvalue weighted by Gasteiger charge is -2.01. The Bertz CT molecular complexity index is 759. The van der Waals surface area contributed by atoms with Crippen LogP contribution in [0.4, 0.5) is 11.4 Å². The number of aromatic nitrogens is 2. The maximum Gasteiger partial charge on any atom is 0.258 e. The van der Waals surface area contributed by atoms with Crippen LogP contribution in [0.3, 0.4) is 0 Å². The molecule has 0 bridgehead atoms. The van der Waals surface area contributed by atoms with Gasteiger partial charge in [-0.2, -0.15) is 4.98 Å². The summed E-state index contributed by atoms with van der Waals surface area (Å²) in [4.78, 5) is 4.41. The zero-order valence-corrected chi connectivity index (χ0v) is 11.7. The molecular formula is C16H16N4O. The Morgan fingerprint density at radius 2 is 1.76 bits per heavy atom. The van der Waals surface area contributed by atoms with Crippen LogP contribution in [0.25, 0.3) is 11.5 Å². The second-order valence-corrected chi connectivity index (χ2v) is 5.01. The van der Waals surface area contributed by atoms with Crippen molar-refractivity contribution in [3.8, 4) is 11.5 Å². The molecule has 0 aliphatic carbocycles. The van der Waals surface area contributed by atoms with Crippen molar-refractivity contribution in [2.24, 2.45) is 0 Å². The summed E-state index contributed by atoms with van der Waals surface area (Å²) in [5.41, 5.74) is 15.8. The first kappa shape index (κ1) is 13.2. The fourth-order valence-corrected chi connectivity index (χ4v) is 2.22. The number of aryl methyl sites for hydroxylation is 1. The van der Waals surface area contributed by atoms with E-state index in [1.165, 1.54) is 11.1 Å². The normalized spacial score (nSPS) is 10.7. The first-order valence-electron chi connectivity index (χ1n) is 6.65. The Morgan fingerprint density at radius 3 is 2.48 bits per heavy atom. The third-order valence-corrected chi connectivity index (χ3v) is 3.30. The standard InChI is InChI=1S/C16H16N4O/c1-10-4-2-3-5-11(10)8-15-19-16(21-20-15)12-6-13(17)9-14(18)7-12/h2-7,9H,8,17-18H2,1H3. The van der Waals surface area contributed by atoms with Crippen LogP contribution in [0, 0.1) is 6.92 Å². The molecule has 1 heterocycles. The van der Waals surface area contributed by atoms with Crippen LogP contribution in [0.2, 0.25) is 0 Å². The van der Waals surface area contributed by atoms with Crippen molar-refractivity contribution in [1.82, 2.24) is 10.1 Å². The number of benzene rings is 2. The van der Waals surface area contributed by atoms with Crippen LogP contribution in [0.5, 0.6) is 0 Å². The van der Waals surface area contributed by atoms with Crippen LogP contribution in [0.1, 0.15) is 17.0 Å². The van der Waals surface area contributed by atoms with E-state index in [1.54, 1.807) is 18.2 Å². The molecule has 0 saturated heterocycles. The van der Waals surface area contributed by atoms with E-state index in [0.717, 1.165) is 5.56 Å². The zero-order valence-electron chi connectivity index (χ0n) is 11.7. The first-order valence-corrected chi connectivity index (χ1v) is 6.65. The van der Waals surface area contributed by atoms with Gasteiger partial charge >= 0.3 is 0 Å². The van der Waals surface area contributed by atoms with E-state index in [4.69, 9.17) is 16.0 Å². The molecule has 0 atom stereocenters. The number of nitrogen functional groups attached to an aromatic ring is 2. The van der Waals surface area contributed by atoms with Gasteiger partial charge in [0.15, 0.2) is 5.82 Å². The molecule has 21 heavy (non-hydrogen) atoms. The third-order valence-electron chi connectivity index (χ3n) is 3.30. The minimum atomic E-state index is 0.428. The minimum absolute atomic E-state index is 0.428. The summed E-state index contributed by atoms with van der Waals surface area (Å²) in [5, 5.41) is 4.02. The number of nitrogens with two attached hydrogens (primary N) is 2. The molecule has 0 amide bonds. The second kappa shape index (κ2) is 5.28. The molecule has 0 fully saturated rings. The molecule has 5 nitrogen and oxygen atoms in total. The third kappa shape index (κ3) is 2.86. The molecule has 0 aliphatic heterocycles. The molecule has 1 aromatic heterocycles. The summed E-state index contributed by atoms with van der Waals surface area (Å²) >= 11 is 0. The molecule has 0 radical (unpaired) electrons. The number of hydrogen-bond donors (Lipinski definition) is 2. The Labute approximate surface area is 122 Å². The monoisotopic (exact) mass is 280 g/mol. The second-order valence-electron chi connectivity index (χ2n) is 5.01. The van der Waals surface area contributed by atoms with E-state index >= 15 is 0 Å². The van der Waals surface area contributed by atoms with Crippen LogP contribution in [-0.2, 0) is 6.42 Å². The average molecular weight is 280 g/mol. The highest BCUT2D eigenvalue weighted by Crippen LogP contribution is 2.24. The van der Waals surface area contributed by atoms with Crippen molar-refractivity contribution in [3.05, 3.63) is 59.4 Å². The van der Waals surface area contributed by atoms with Gasteiger partial charge in [-0.05, 0) is 36.2 Å². The number of hydrogen-bond acceptors (Lipinski definition) is 5. The van der Waals surface area contributed by atoms with Gasteiger partial charge in [-0.1, -0.05) is 29.4 Å². The highest BCUT2D eigenvalue weighted by molar-refractivity contribution is 5.67. The van der Waals surface area contributed by atoms with Crippen molar-refractivity contribution >= 4 is 11.4 Å². The zero-order chi connectivity index (χ0) is 14.8. The van der Waals surface area contributed by atoms with Gasteiger partial charge in [-0.25, -0.2) is 0 Å². The van der Waals surface area contributed by atoms with E-state index in [-0.39, 0.29) is 0 Å². The van der Waals surface area contributed by atoms with Gasteiger partial charge in [-0.3, -0.25) is 0 Å². The Hall–Kier alpha value is -2.82. The maximum atomic E-state index is 5.78. The molecule has 5 heteroatoms. The van der Waals surface area contributed by atoms with E-state index < -0.39 is 0 Å². The van der Waals surface area contributed by atoms with E-state index in [0.29, 0.717) is 29.5 Å². The lowest BCUT2D eigenvalue weighted by Crippen LogP contribution is -1.94. The fraction of sp³-hybridized carbons (Fsp3) is 0.125. The minimum Gasteiger partial charge on any atom is -0.399 e. The van der Waals surface area contributed by atoms with Crippen molar-refractivity contribution in [2.45, 2.75) is 13.3 Å². The summed E-state index contributed by atoms with van der Waals surface area (Å²) in [6, 6.07) is 13.4. The van der Waals surface area contributed by atoms with E-state index in [9.17, 15) is 0 Å². The molecule has 0 spiro atoms. The Morgan fingerprint density at radius 1 is 1.05 bits per heavy atom. The summed E-state index contributed by atoms with van der Waals surface area (Å²) in [7, 11) is 0. The Kier molecular flexibility index (Phi) is 3.31. The lowest BCUT2D eigenvalue weighted by atomic mass is 10.1. The molecule has 3 rings (SSSR count). The molecular weight excluding hydrogens is 264 g/mol. The van der Waals surface area contributed by atoms with Crippen molar-refractivity contribution in [1.29, 1.82) is 0 Å². The maximum absolute atomic E-state index is 5.78. The van der Waals surface area contributed by atoms with E-state index in [2.05, 4.69) is 29.2 Å². The molecule has 4 N–H and O–H groups in total. The number of rotatable bonds is 3. The highest BCUT2D eigenvalue weighted by Gasteiger charge is 2.11. The molecule has 2 aromatic carbocycles. The summed E-state index contributed by atoms with van der Waals surface area (Å²) in [6.45, 7) is 2.06. The van der Waals surface area contributed by atoms with Gasteiger partial charge < -0.3 is 16.0 Å². The first-order chi connectivity index (χ1) is 10.1. The van der Waals surface area contributed by atoms with Crippen LogP contribution >= 0.6 is 0 Å². The summed E-state index contributed by atoms with van der Waals surface area (Å²) in [6.07, 6.45) is 0.633. The van der Waals surface area contributed by atoms with Crippen LogP contribution in [0.15, 0.2) is 47.0 Å². The van der Waals surface area contributed by atoms with Crippen LogP contribution < -0.4 is 11.5 Å². The quantitative estimate of drug-likeness (QED) is 0.720. The molecule has 0 unspecified atom stereocenters. The smallest absolute Gasteiger partial charge is 0.258 e. The SMILES string of the molecule is Cc1ccccc1Cc1noc(-c2cc(N)cc(N)c2)n1. The average Bonchev–Trinajstić information content (AvgIpc) is 2.89. The number of anilines is 2. The highest BCUT2D eigenvalue weighted by atomic mass is 16.5. The van der Waals surface area contributed by atoms with Crippen LogP contribution in [-0.4, -0.2) is 10.1 Å². The molecule has 3 aromatic rings. The Balaban J connectivity index is 1.88. The largest absolute Gasteiger partial charge is 0.399 e. The summed E-state index contributed by atoms with van der Waals surface area (Å²) in [5.74, 6) is 1.07. The topological polar surface area (TPSA) is 91.0 Å². The van der Waals surface area contributed by atoms with Crippen molar-refractivity contribution < 1.29 is 4.52 Å². The van der Waals surface area contributed by atoms with Gasteiger partial charge in [0.1, 0.15) is 0 Å². The van der Waals surface area contributed by atoms with Crippen molar-refractivity contribution in [3.63, 3.8) is 0 Å². The van der Waals surface area contributed by atoms with Gasteiger partial charge in [0.25, 0.3) is 5.89 Å². The number of nitrogens with zero attached hydrogens (tertiary/aromatic N) is 2. The van der Waals surface area contributed by atoms with Gasteiger partial charge in [-0.15, -0.1) is 0 Å². The predicted octanol–water partition coefficient (Wildman–Crippen LogP) is 2.80. The molecule has 0 aliphatic rings. The lowest BCUT2D eigenvalue weighted by molar-refractivity contribution is 0.424. The van der Waals surface area contributed by atoms with Gasteiger partial charge in [0, 0.05) is 23.4 Å². The summed E-state index contributed by atoms with van der Waals surface area (Å²) < 4.78 is 5.30. The van der Waals surface area contributed by atoms with Gasteiger partial charge in [0.2, 0.25) is 0 Å². The molecule has 0 saturated carbocycles. The van der Waals surface area contributed by atoms with Gasteiger partial charge in [0.05, 0.1) is 0 Å². The molecule has 106 valence electrons. The predicted molar refractivity (Wildman–Crippen MR) is 82.5 cm³/mol. The van der Waals surface area contributed by atoms with E-state index in [1.807, 2.05) is 12.1 Å². The van der Waals surface area contributed by atoms with Crippen molar-refractivity contribution in [2.75, 3.05) is 11.5 Å².